The predicted octanol–water partition coefficient (Wildman–Crippen LogP) is 5.70. The van der Waals surface area contributed by atoms with Gasteiger partial charge in [-0.2, -0.15) is 0 Å². The third-order valence-corrected chi connectivity index (χ3v) is 4.78. The van der Waals surface area contributed by atoms with Crippen LogP contribution in [-0.4, -0.2) is 0 Å². The van der Waals surface area contributed by atoms with Crippen molar-refractivity contribution >= 4 is 37.5 Å². The second-order valence-corrected chi connectivity index (χ2v) is 6.67. The van der Waals surface area contributed by atoms with Crippen molar-refractivity contribution in [1.82, 2.24) is 0 Å². The molecule has 2 aromatic carbocycles. The first-order valence-corrected chi connectivity index (χ1v) is 8.09. The Balaban J connectivity index is 1.68. The van der Waals surface area contributed by atoms with Gasteiger partial charge in [0.15, 0.2) is 0 Å². The summed E-state index contributed by atoms with van der Waals surface area (Å²) in [5, 5.41) is 3.47. The molecule has 0 radical (unpaired) electrons. The molecule has 1 nitrogen and oxygen atoms in total. The summed E-state index contributed by atoms with van der Waals surface area (Å²) in [4.78, 5) is 0. The lowest BCUT2D eigenvalue weighted by Gasteiger charge is -2.11. The lowest BCUT2D eigenvalue weighted by atomic mass is 10.1. The maximum absolute atomic E-state index is 3.57. The highest BCUT2D eigenvalue weighted by molar-refractivity contribution is 9.11. The minimum absolute atomic E-state index is 0.833. The van der Waals surface area contributed by atoms with E-state index < -0.39 is 0 Å². The topological polar surface area (TPSA) is 12.0 Å². The van der Waals surface area contributed by atoms with Crippen LogP contribution in [0.25, 0.3) is 0 Å². The van der Waals surface area contributed by atoms with E-state index in [1.807, 2.05) is 18.2 Å². The molecule has 0 aromatic heterocycles. The summed E-state index contributed by atoms with van der Waals surface area (Å²) in [6.45, 7) is 0.839. The van der Waals surface area contributed by atoms with Crippen molar-refractivity contribution in [3.63, 3.8) is 0 Å². The molecule has 0 heterocycles. The van der Waals surface area contributed by atoms with Gasteiger partial charge in [0.05, 0.1) is 5.69 Å². The van der Waals surface area contributed by atoms with Crippen molar-refractivity contribution in [3.05, 3.63) is 62.5 Å². The molecule has 1 saturated carbocycles. The van der Waals surface area contributed by atoms with Crippen LogP contribution in [0.5, 0.6) is 0 Å². The molecule has 0 saturated heterocycles. The molecular weight excluding hydrogens is 366 g/mol. The van der Waals surface area contributed by atoms with Gasteiger partial charge in [-0.1, -0.05) is 30.3 Å². The highest BCUT2D eigenvalue weighted by atomic mass is 79.9. The van der Waals surface area contributed by atoms with E-state index >= 15 is 0 Å². The first kappa shape index (κ1) is 13.2. The molecule has 0 unspecified atom stereocenters. The van der Waals surface area contributed by atoms with Crippen molar-refractivity contribution in [3.8, 4) is 0 Å². The van der Waals surface area contributed by atoms with Gasteiger partial charge in [-0.3, -0.25) is 0 Å². The fourth-order valence-corrected chi connectivity index (χ4v) is 3.46. The van der Waals surface area contributed by atoms with Crippen LogP contribution in [0, 0.1) is 0 Å². The summed E-state index contributed by atoms with van der Waals surface area (Å²) < 4.78 is 2.16. The standard InChI is InChI=1S/C16H15Br2N/c17-14-2-1-3-15(18)16(14)19-10-11-4-6-12(7-5-11)13-8-9-13/h1-7,13,19H,8-10H2. The third-order valence-electron chi connectivity index (χ3n) is 3.46. The van der Waals surface area contributed by atoms with Gasteiger partial charge in [-0.05, 0) is 73.9 Å². The lowest BCUT2D eigenvalue weighted by Crippen LogP contribution is -2.00. The van der Waals surface area contributed by atoms with Crippen molar-refractivity contribution in [2.24, 2.45) is 0 Å². The summed E-state index contributed by atoms with van der Waals surface area (Å²) in [5.74, 6) is 0.833. The van der Waals surface area contributed by atoms with Crippen molar-refractivity contribution in [2.45, 2.75) is 25.3 Å². The molecule has 2 aromatic rings. The summed E-state index contributed by atoms with van der Waals surface area (Å²) >= 11 is 7.13. The summed E-state index contributed by atoms with van der Waals surface area (Å²) in [5.41, 5.74) is 3.91. The lowest BCUT2D eigenvalue weighted by molar-refractivity contribution is 1.10. The van der Waals surface area contributed by atoms with Crippen LogP contribution in [0.4, 0.5) is 5.69 Å². The maximum atomic E-state index is 3.57. The number of hydrogen-bond acceptors (Lipinski definition) is 1. The van der Waals surface area contributed by atoms with E-state index in [4.69, 9.17) is 0 Å². The van der Waals surface area contributed by atoms with Gasteiger partial charge in [0.25, 0.3) is 0 Å². The highest BCUT2D eigenvalue weighted by Gasteiger charge is 2.22. The second kappa shape index (κ2) is 5.68. The van der Waals surface area contributed by atoms with Gasteiger partial charge in [-0.15, -0.1) is 0 Å². The Kier molecular flexibility index (Phi) is 3.94. The summed E-state index contributed by atoms with van der Waals surface area (Å²) in [6, 6.07) is 15.1. The highest BCUT2D eigenvalue weighted by Crippen LogP contribution is 2.40. The molecule has 0 atom stereocenters. The Morgan fingerprint density at radius 1 is 0.947 bits per heavy atom. The van der Waals surface area contributed by atoms with Crippen LogP contribution in [0.15, 0.2) is 51.4 Å². The molecule has 0 spiro atoms. The van der Waals surface area contributed by atoms with Gasteiger partial charge in [0.1, 0.15) is 0 Å². The molecule has 1 aliphatic rings. The van der Waals surface area contributed by atoms with Crippen LogP contribution in [0.2, 0.25) is 0 Å². The average Bonchev–Trinajstić information content (AvgIpc) is 3.23. The Morgan fingerprint density at radius 3 is 2.16 bits per heavy atom. The molecule has 3 rings (SSSR count). The van der Waals surface area contributed by atoms with E-state index in [1.165, 1.54) is 24.0 Å². The minimum atomic E-state index is 0.833. The zero-order chi connectivity index (χ0) is 13.2. The molecule has 1 aliphatic carbocycles. The Labute approximate surface area is 130 Å². The smallest absolute Gasteiger partial charge is 0.0631 e. The SMILES string of the molecule is Brc1cccc(Br)c1NCc1ccc(C2CC2)cc1. The zero-order valence-corrected chi connectivity index (χ0v) is 13.7. The molecule has 1 N–H and O–H groups in total. The molecule has 0 aliphatic heterocycles. The van der Waals surface area contributed by atoms with Gasteiger partial charge in [0.2, 0.25) is 0 Å². The molecule has 98 valence electrons. The fourth-order valence-electron chi connectivity index (χ4n) is 2.18. The minimum Gasteiger partial charge on any atom is -0.379 e. The van der Waals surface area contributed by atoms with E-state index in [2.05, 4.69) is 61.4 Å². The average molecular weight is 381 g/mol. The van der Waals surface area contributed by atoms with Crippen LogP contribution < -0.4 is 5.32 Å². The number of hydrogen-bond donors (Lipinski definition) is 1. The van der Waals surface area contributed by atoms with E-state index in [9.17, 15) is 0 Å². The zero-order valence-electron chi connectivity index (χ0n) is 10.5. The van der Waals surface area contributed by atoms with Crippen molar-refractivity contribution in [2.75, 3.05) is 5.32 Å². The maximum Gasteiger partial charge on any atom is 0.0631 e. The quantitative estimate of drug-likeness (QED) is 0.717. The number of nitrogens with one attached hydrogen (secondary N) is 1. The molecule has 0 amide bonds. The number of para-hydroxylation sites is 1. The first-order valence-electron chi connectivity index (χ1n) is 6.51. The van der Waals surface area contributed by atoms with Gasteiger partial charge in [0, 0.05) is 15.5 Å². The number of anilines is 1. The normalized spacial score (nSPS) is 14.4. The first-order chi connectivity index (χ1) is 9.24. The van der Waals surface area contributed by atoms with E-state index in [0.717, 1.165) is 27.1 Å². The molecular formula is C16H15Br2N. The number of benzene rings is 2. The van der Waals surface area contributed by atoms with Crippen LogP contribution in [0.1, 0.15) is 29.9 Å². The largest absolute Gasteiger partial charge is 0.379 e. The number of halogens is 2. The van der Waals surface area contributed by atoms with Crippen LogP contribution in [0.3, 0.4) is 0 Å². The monoisotopic (exact) mass is 379 g/mol. The van der Waals surface area contributed by atoms with Crippen LogP contribution >= 0.6 is 31.9 Å². The molecule has 0 bridgehead atoms. The fraction of sp³-hybridized carbons (Fsp3) is 0.250. The van der Waals surface area contributed by atoms with E-state index in [1.54, 1.807) is 0 Å². The number of rotatable bonds is 4. The van der Waals surface area contributed by atoms with Crippen molar-refractivity contribution in [1.29, 1.82) is 0 Å². The molecule has 1 fully saturated rings. The van der Waals surface area contributed by atoms with Gasteiger partial charge in [-0.25, -0.2) is 0 Å². The van der Waals surface area contributed by atoms with Crippen LogP contribution in [-0.2, 0) is 6.54 Å². The predicted molar refractivity (Wildman–Crippen MR) is 87.6 cm³/mol. The summed E-state index contributed by atoms with van der Waals surface area (Å²) in [6.07, 6.45) is 2.73. The van der Waals surface area contributed by atoms with Gasteiger partial charge < -0.3 is 5.32 Å². The van der Waals surface area contributed by atoms with Gasteiger partial charge >= 0.3 is 0 Å². The summed E-state index contributed by atoms with van der Waals surface area (Å²) in [7, 11) is 0. The third kappa shape index (κ3) is 3.21. The Hall–Kier alpha value is -0.800. The molecule has 19 heavy (non-hydrogen) atoms. The van der Waals surface area contributed by atoms with E-state index in [-0.39, 0.29) is 0 Å². The van der Waals surface area contributed by atoms with Crippen molar-refractivity contribution < 1.29 is 0 Å². The second-order valence-electron chi connectivity index (χ2n) is 4.97. The van der Waals surface area contributed by atoms with E-state index in [0.29, 0.717) is 0 Å². The Morgan fingerprint density at radius 2 is 1.58 bits per heavy atom. The Bertz CT molecular complexity index is 554. The molecule has 3 heteroatoms.